The van der Waals surface area contributed by atoms with Crippen molar-refractivity contribution in [2.24, 2.45) is 11.8 Å². The molecular weight excluding hydrogens is 797 g/mol. The molecule has 4 aromatic rings. The van der Waals surface area contributed by atoms with E-state index in [9.17, 15) is 5.11 Å². The van der Waals surface area contributed by atoms with Crippen molar-refractivity contribution in [2.75, 3.05) is 42.2 Å². The van der Waals surface area contributed by atoms with Crippen LogP contribution < -0.4 is 14.2 Å². The first kappa shape index (κ1) is 45.9. The standard InChI is InChI=1S/C49H62O13/c1-48(54-6)49(2,55-7)62-46-45(61-48)43(50)41(60-47(46)59-30-32-11-9-8-10-12-32)25-36-26-42(57-28-34-15-21-38(52-4)22-16-34)44(58-29-35-17-23-39(53-5)24-18-35)40(36)31-56-27-33-13-19-37(51-3)20-14-33/h8-24,36,40-47,50H,25-31H2,1-7H3/t36-,40+,41-,42-,43+,44-,45+,46-,47-,48-,49-/m1/s1. The number of aliphatic hydroxyl groups excluding tert-OH is 1. The van der Waals surface area contributed by atoms with Crippen LogP contribution in [-0.4, -0.2) is 102 Å². The van der Waals surface area contributed by atoms with Crippen molar-refractivity contribution in [1.29, 1.82) is 0 Å². The molecule has 2 aliphatic heterocycles. The van der Waals surface area contributed by atoms with E-state index in [-0.39, 0.29) is 30.7 Å². The summed E-state index contributed by atoms with van der Waals surface area (Å²) in [7, 11) is 8.00. The third-order valence-electron chi connectivity index (χ3n) is 12.6. The van der Waals surface area contributed by atoms with Gasteiger partial charge in [0, 0.05) is 20.1 Å². The molecule has 13 heteroatoms. The van der Waals surface area contributed by atoms with E-state index in [1.807, 2.05) is 103 Å². The molecule has 7 rings (SSSR count). The van der Waals surface area contributed by atoms with Gasteiger partial charge in [-0.2, -0.15) is 0 Å². The van der Waals surface area contributed by atoms with E-state index in [2.05, 4.69) is 0 Å². The first-order chi connectivity index (χ1) is 30.1. The SMILES string of the molecule is COc1ccc(COC[C@H]2[C@H](C[C@H]3O[C@@H](OCc4ccccc4)[C@@H]4O[C@@](C)(OC)[C@](C)(OC)O[C@H]4[C@H]3O)C[C@@H](OCc3ccc(OC)cc3)[C@@H]2OCc2ccc(OC)cc2)cc1. The molecule has 0 bridgehead atoms. The van der Waals surface area contributed by atoms with Crippen LogP contribution in [0.3, 0.4) is 0 Å². The Hall–Kier alpha value is -4.12. The van der Waals surface area contributed by atoms with Crippen molar-refractivity contribution in [1.82, 2.24) is 0 Å². The van der Waals surface area contributed by atoms with Crippen LogP contribution in [0.5, 0.6) is 17.2 Å². The van der Waals surface area contributed by atoms with Crippen LogP contribution in [0, 0.1) is 11.8 Å². The van der Waals surface area contributed by atoms with Gasteiger partial charge in [0.15, 0.2) is 6.29 Å². The van der Waals surface area contributed by atoms with Gasteiger partial charge < -0.3 is 61.9 Å². The zero-order valence-electron chi connectivity index (χ0n) is 36.8. The maximum Gasteiger partial charge on any atom is 0.220 e. The lowest BCUT2D eigenvalue weighted by molar-refractivity contribution is -0.484. The molecule has 0 aromatic heterocycles. The second-order valence-corrected chi connectivity index (χ2v) is 16.4. The number of rotatable bonds is 20. The molecule has 0 unspecified atom stereocenters. The molecule has 62 heavy (non-hydrogen) atoms. The highest BCUT2D eigenvalue weighted by molar-refractivity contribution is 5.28. The largest absolute Gasteiger partial charge is 0.497 e. The lowest BCUT2D eigenvalue weighted by Gasteiger charge is -2.56. The van der Waals surface area contributed by atoms with Gasteiger partial charge in [-0.1, -0.05) is 66.7 Å². The van der Waals surface area contributed by atoms with Crippen molar-refractivity contribution in [2.45, 2.75) is 108 Å². The van der Waals surface area contributed by atoms with Crippen LogP contribution in [-0.2, 0) is 69.1 Å². The quantitative estimate of drug-likeness (QED) is 0.0960. The van der Waals surface area contributed by atoms with Crippen molar-refractivity contribution in [3.63, 3.8) is 0 Å². The summed E-state index contributed by atoms with van der Waals surface area (Å²) in [6.07, 6.45) is -4.14. The highest BCUT2D eigenvalue weighted by Gasteiger charge is 2.63. The first-order valence-corrected chi connectivity index (χ1v) is 21.2. The summed E-state index contributed by atoms with van der Waals surface area (Å²) in [6, 6.07) is 33.4. The summed E-state index contributed by atoms with van der Waals surface area (Å²) in [5.74, 6) is -0.623. The minimum atomic E-state index is -1.36. The molecule has 4 aromatic carbocycles. The predicted molar refractivity (Wildman–Crippen MR) is 228 cm³/mol. The Bertz CT molecular complexity index is 1950. The second-order valence-electron chi connectivity index (χ2n) is 16.4. The van der Waals surface area contributed by atoms with Gasteiger partial charge in [-0.25, -0.2) is 0 Å². The van der Waals surface area contributed by atoms with Gasteiger partial charge in [0.2, 0.25) is 11.6 Å². The highest BCUT2D eigenvalue weighted by atomic mass is 16.8. The molecule has 1 aliphatic carbocycles. The third-order valence-corrected chi connectivity index (χ3v) is 12.6. The molecule has 13 nitrogen and oxygen atoms in total. The summed E-state index contributed by atoms with van der Waals surface area (Å²) in [6.45, 7) is 5.20. The third kappa shape index (κ3) is 10.6. The van der Waals surface area contributed by atoms with Gasteiger partial charge in [-0.15, -0.1) is 0 Å². The van der Waals surface area contributed by atoms with Crippen molar-refractivity contribution in [3.8, 4) is 17.2 Å². The van der Waals surface area contributed by atoms with E-state index in [1.54, 1.807) is 35.2 Å². The van der Waals surface area contributed by atoms with Gasteiger partial charge >= 0.3 is 0 Å². The zero-order chi connectivity index (χ0) is 43.7. The van der Waals surface area contributed by atoms with Crippen LogP contribution in [0.2, 0.25) is 0 Å². The van der Waals surface area contributed by atoms with E-state index in [0.717, 1.165) is 39.5 Å². The molecule has 0 amide bonds. The maximum absolute atomic E-state index is 12.3. The normalized spacial score (nSPS) is 30.7. The smallest absolute Gasteiger partial charge is 0.220 e. The van der Waals surface area contributed by atoms with Crippen LogP contribution in [0.15, 0.2) is 103 Å². The Morgan fingerprint density at radius 2 is 1.06 bits per heavy atom. The molecule has 3 aliphatic rings. The van der Waals surface area contributed by atoms with E-state index >= 15 is 0 Å². The lowest BCUT2D eigenvalue weighted by atomic mass is 9.85. The number of methoxy groups -OCH3 is 5. The summed E-state index contributed by atoms with van der Waals surface area (Å²) >= 11 is 0. The second kappa shape index (κ2) is 21.0. The fourth-order valence-electron chi connectivity index (χ4n) is 8.65. The monoisotopic (exact) mass is 858 g/mol. The summed E-state index contributed by atoms with van der Waals surface area (Å²) in [5.41, 5.74) is 3.97. The van der Waals surface area contributed by atoms with Crippen LogP contribution in [0.1, 0.15) is 48.9 Å². The summed E-state index contributed by atoms with van der Waals surface area (Å²) in [4.78, 5) is 0. The number of fused-ring (bicyclic) bond motifs is 1. The van der Waals surface area contributed by atoms with Gasteiger partial charge in [0.05, 0.1) is 72.7 Å². The first-order valence-electron chi connectivity index (χ1n) is 21.2. The van der Waals surface area contributed by atoms with E-state index in [4.69, 9.17) is 56.8 Å². The summed E-state index contributed by atoms with van der Waals surface area (Å²) < 4.78 is 74.6. The van der Waals surface area contributed by atoms with Gasteiger partial charge in [-0.3, -0.25) is 0 Å². The number of hydrogen-bond donors (Lipinski definition) is 1. The minimum Gasteiger partial charge on any atom is -0.497 e. The molecule has 1 N–H and O–H groups in total. The molecule has 0 spiro atoms. The molecule has 2 heterocycles. The molecule has 2 saturated heterocycles. The minimum absolute atomic E-state index is 0.0823. The molecule has 3 fully saturated rings. The molecule has 336 valence electrons. The Kier molecular flexibility index (Phi) is 15.6. The van der Waals surface area contributed by atoms with E-state index in [0.29, 0.717) is 39.3 Å². The fourth-order valence-corrected chi connectivity index (χ4v) is 8.65. The number of benzene rings is 4. The van der Waals surface area contributed by atoms with Crippen molar-refractivity contribution in [3.05, 3.63) is 125 Å². The van der Waals surface area contributed by atoms with Crippen LogP contribution in [0.4, 0.5) is 0 Å². The van der Waals surface area contributed by atoms with Gasteiger partial charge in [0.25, 0.3) is 0 Å². The molecule has 0 radical (unpaired) electrons. The van der Waals surface area contributed by atoms with Gasteiger partial charge in [0.1, 0.15) is 35.6 Å². The van der Waals surface area contributed by atoms with Crippen molar-refractivity contribution >= 4 is 0 Å². The average molecular weight is 859 g/mol. The number of hydrogen-bond acceptors (Lipinski definition) is 13. The van der Waals surface area contributed by atoms with E-state index < -0.39 is 42.3 Å². The van der Waals surface area contributed by atoms with Gasteiger partial charge in [-0.05, 0) is 91.3 Å². The van der Waals surface area contributed by atoms with Crippen molar-refractivity contribution < 1.29 is 61.9 Å². The lowest BCUT2D eigenvalue weighted by Crippen LogP contribution is -2.72. The fraction of sp³-hybridized carbons (Fsp3) is 0.510. The average Bonchev–Trinajstić information content (AvgIpc) is 3.64. The zero-order valence-corrected chi connectivity index (χ0v) is 36.8. The Morgan fingerprint density at radius 3 is 1.60 bits per heavy atom. The predicted octanol–water partition coefficient (Wildman–Crippen LogP) is 7.24. The topological polar surface area (TPSA) is 131 Å². The molecule has 11 atom stereocenters. The Balaban J connectivity index is 1.17. The number of aliphatic hydroxyl groups is 1. The van der Waals surface area contributed by atoms with Crippen LogP contribution >= 0.6 is 0 Å². The number of ether oxygens (including phenoxy) is 12. The maximum atomic E-state index is 12.3. The summed E-state index contributed by atoms with van der Waals surface area (Å²) in [5, 5.41) is 12.3. The molecule has 1 saturated carbocycles. The van der Waals surface area contributed by atoms with Crippen LogP contribution in [0.25, 0.3) is 0 Å². The molecular formula is C49H62O13. The van der Waals surface area contributed by atoms with E-state index in [1.165, 1.54) is 14.2 Å². The highest BCUT2D eigenvalue weighted by Crippen LogP contribution is 2.47. The Labute approximate surface area is 365 Å². The Morgan fingerprint density at radius 1 is 0.581 bits per heavy atom.